The fraction of sp³-hybridized carbons (Fsp3) is 0.708. The smallest absolute Gasteiger partial charge is 0.345 e. The van der Waals surface area contributed by atoms with Crippen LogP contribution in [0.25, 0.3) is 0 Å². The lowest BCUT2D eigenvalue weighted by molar-refractivity contribution is -0.134. The second kappa shape index (κ2) is 8.48. The van der Waals surface area contributed by atoms with Gasteiger partial charge in [0, 0.05) is 24.0 Å². The van der Waals surface area contributed by atoms with E-state index >= 15 is 0 Å². The summed E-state index contributed by atoms with van der Waals surface area (Å²) in [5.41, 5.74) is 0.0547. The minimum atomic E-state index is -0.657. The molecule has 3 N–H and O–H groups in total. The van der Waals surface area contributed by atoms with Gasteiger partial charge in [-0.3, -0.25) is 4.90 Å². The maximum atomic E-state index is 12.2. The molecular formula is C24H33NO7. The number of hydrogen-bond acceptors (Lipinski definition) is 8. The maximum Gasteiger partial charge on any atom is 0.345 e. The standard InChI is InChI=1S/C24H33NO7/c1-3-17(28)20-12-4-6-13-7-9-18-19(16(8-5-12)25(13)20)14(10-26)22(31-18)23-21(30-2)15(11-27)24(29)32-23/h9,12-14,16-17,19-20,26-28H,3-8,10-11H2,1-2H3. The number of aliphatic hydroxyl groups excluding tert-OH is 3. The molecule has 7 unspecified atom stereocenters. The van der Waals surface area contributed by atoms with Gasteiger partial charge in [-0.05, 0) is 50.5 Å². The van der Waals surface area contributed by atoms with Crippen molar-refractivity contribution in [3.8, 4) is 0 Å². The number of esters is 1. The molecule has 0 aliphatic carbocycles. The highest BCUT2D eigenvalue weighted by atomic mass is 16.6. The van der Waals surface area contributed by atoms with Crippen molar-refractivity contribution in [3.63, 3.8) is 0 Å². The highest BCUT2D eigenvalue weighted by Crippen LogP contribution is 2.53. The quantitative estimate of drug-likeness (QED) is 0.545. The Kier molecular flexibility index (Phi) is 5.82. The van der Waals surface area contributed by atoms with Gasteiger partial charge in [0.15, 0.2) is 11.5 Å². The van der Waals surface area contributed by atoms with E-state index in [0.29, 0.717) is 17.7 Å². The summed E-state index contributed by atoms with van der Waals surface area (Å²) >= 11 is 0. The van der Waals surface area contributed by atoms with E-state index in [1.165, 1.54) is 7.11 Å². The first-order chi connectivity index (χ1) is 15.5. The van der Waals surface area contributed by atoms with Crippen molar-refractivity contribution in [2.24, 2.45) is 17.8 Å². The molecular weight excluding hydrogens is 414 g/mol. The zero-order valence-electron chi connectivity index (χ0n) is 18.7. The number of rotatable bonds is 5. The normalized spacial score (nSPS) is 39.8. The van der Waals surface area contributed by atoms with Crippen molar-refractivity contribution in [1.29, 1.82) is 0 Å². The lowest BCUT2D eigenvalue weighted by Gasteiger charge is -2.56. The van der Waals surface area contributed by atoms with Gasteiger partial charge in [-0.1, -0.05) is 6.92 Å². The third-order valence-electron chi connectivity index (χ3n) is 8.18. The van der Waals surface area contributed by atoms with E-state index in [-0.39, 0.29) is 47.8 Å². The number of cyclic esters (lactones) is 1. The molecule has 0 radical (unpaired) electrons. The molecule has 0 amide bonds. The van der Waals surface area contributed by atoms with Gasteiger partial charge >= 0.3 is 5.97 Å². The minimum Gasteiger partial charge on any atom is -0.492 e. The summed E-state index contributed by atoms with van der Waals surface area (Å²) in [6.45, 7) is 1.38. The Hall–Kier alpha value is -1.87. The van der Waals surface area contributed by atoms with Crippen LogP contribution in [0.1, 0.15) is 45.4 Å². The summed E-state index contributed by atoms with van der Waals surface area (Å²) in [5.74, 6) is 0.877. The topological polar surface area (TPSA) is 109 Å². The van der Waals surface area contributed by atoms with Crippen molar-refractivity contribution >= 4 is 5.97 Å². The van der Waals surface area contributed by atoms with E-state index < -0.39 is 18.5 Å². The molecule has 32 heavy (non-hydrogen) atoms. The number of carbonyl (C=O) groups is 1. The van der Waals surface area contributed by atoms with E-state index in [0.717, 1.165) is 44.3 Å². The van der Waals surface area contributed by atoms with Crippen LogP contribution in [-0.2, 0) is 19.0 Å². The molecule has 2 bridgehead atoms. The van der Waals surface area contributed by atoms with Gasteiger partial charge in [0.05, 0.1) is 32.3 Å². The molecule has 0 aromatic carbocycles. The van der Waals surface area contributed by atoms with Crippen LogP contribution in [0.3, 0.4) is 0 Å². The van der Waals surface area contributed by atoms with Gasteiger partial charge in [-0.2, -0.15) is 0 Å². The molecule has 8 heteroatoms. The van der Waals surface area contributed by atoms with Crippen molar-refractivity contribution in [2.45, 2.75) is 69.7 Å². The van der Waals surface area contributed by atoms with Crippen molar-refractivity contribution in [2.75, 3.05) is 20.3 Å². The fourth-order valence-corrected chi connectivity index (χ4v) is 6.79. The van der Waals surface area contributed by atoms with Crippen LogP contribution in [-0.4, -0.2) is 70.7 Å². The second-order valence-corrected chi connectivity index (χ2v) is 9.56. The number of fused-ring (bicyclic) bond motifs is 3. The zero-order chi connectivity index (χ0) is 22.6. The van der Waals surface area contributed by atoms with Crippen LogP contribution in [0.5, 0.6) is 0 Å². The maximum absolute atomic E-state index is 12.2. The second-order valence-electron chi connectivity index (χ2n) is 9.56. The predicted octanol–water partition coefficient (Wildman–Crippen LogP) is 1.57. The zero-order valence-corrected chi connectivity index (χ0v) is 18.7. The highest BCUT2D eigenvalue weighted by Gasteiger charge is 2.55. The van der Waals surface area contributed by atoms with Crippen LogP contribution in [0, 0.1) is 17.8 Å². The molecule has 3 fully saturated rings. The first-order valence-electron chi connectivity index (χ1n) is 11.8. The van der Waals surface area contributed by atoms with Gasteiger partial charge in [-0.25, -0.2) is 4.79 Å². The van der Waals surface area contributed by atoms with Crippen molar-refractivity contribution < 1.29 is 34.3 Å². The Bertz CT molecular complexity index is 878. The number of nitrogens with zero attached hydrogens (tertiary/aromatic N) is 1. The van der Waals surface area contributed by atoms with Crippen molar-refractivity contribution in [1.82, 2.24) is 4.90 Å². The van der Waals surface area contributed by atoms with Crippen LogP contribution < -0.4 is 0 Å². The molecule has 0 aromatic heterocycles. The monoisotopic (exact) mass is 447 g/mol. The lowest BCUT2D eigenvalue weighted by atomic mass is 9.70. The molecule has 5 heterocycles. The molecule has 176 valence electrons. The number of aliphatic hydroxyl groups is 3. The fourth-order valence-electron chi connectivity index (χ4n) is 6.79. The number of methoxy groups -OCH3 is 1. The number of piperidine rings is 2. The molecule has 7 atom stereocenters. The number of ether oxygens (including phenoxy) is 3. The van der Waals surface area contributed by atoms with Gasteiger partial charge in [0.25, 0.3) is 0 Å². The largest absolute Gasteiger partial charge is 0.492 e. The molecule has 3 saturated heterocycles. The third-order valence-corrected chi connectivity index (χ3v) is 8.18. The van der Waals surface area contributed by atoms with Gasteiger partial charge in [-0.15, -0.1) is 0 Å². The van der Waals surface area contributed by atoms with E-state index in [2.05, 4.69) is 11.0 Å². The van der Waals surface area contributed by atoms with Crippen LogP contribution in [0.4, 0.5) is 0 Å². The van der Waals surface area contributed by atoms with E-state index in [4.69, 9.17) is 14.2 Å². The molecule has 5 aliphatic heterocycles. The van der Waals surface area contributed by atoms with E-state index in [1.54, 1.807) is 0 Å². The number of hydrogen-bond donors (Lipinski definition) is 3. The Morgan fingerprint density at radius 1 is 1.22 bits per heavy atom. The van der Waals surface area contributed by atoms with Gasteiger partial charge in [0.1, 0.15) is 11.3 Å². The van der Waals surface area contributed by atoms with Crippen molar-refractivity contribution in [3.05, 3.63) is 34.7 Å². The predicted molar refractivity (Wildman–Crippen MR) is 114 cm³/mol. The molecule has 0 spiro atoms. The molecule has 0 aromatic rings. The average molecular weight is 448 g/mol. The third kappa shape index (κ3) is 3.15. The van der Waals surface area contributed by atoms with E-state index in [1.807, 2.05) is 6.92 Å². The Labute approximate surface area is 188 Å². The van der Waals surface area contributed by atoms with Gasteiger partial charge in [0.2, 0.25) is 5.76 Å². The summed E-state index contributed by atoms with van der Waals surface area (Å²) in [4.78, 5) is 14.8. The molecule has 8 nitrogen and oxygen atoms in total. The van der Waals surface area contributed by atoms with Crippen LogP contribution in [0.15, 0.2) is 34.7 Å². The summed E-state index contributed by atoms with van der Waals surface area (Å²) in [5, 5.41) is 31.0. The van der Waals surface area contributed by atoms with Crippen LogP contribution in [0.2, 0.25) is 0 Å². The Morgan fingerprint density at radius 3 is 2.69 bits per heavy atom. The Morgan fingerprint density at radius 2 is 2.00 bits per heavy atom. The molecule has 5 rings (SSSR count). The Balaban J connectivity index is 1.57. The molecule has 0 saturated carbocycles. The molecule has 5 aliphatic rings. The average Bonchev–Trinajstić information content (AvgIpc) is 3.27. The summed E-state index contributed by atoms with van der Waals surface area (Å²) in [7, 11) is 1.42. The summed E-state index contributed by atoms with van der Waals surface area (Å²) in [6.07, 6.45) is 7.59. The highest BCUT2D eigenvalue weighted by molar-refractivity contribution is 5.94. The SMILES string of the molecule is CCC(O)C1C2CCC3CC=C4OC(=C5OC(=O)C(CO)=C5OC)C(CO)C4C(CC2)N31. The summed E-state index contributed by atoms with van der Waals surface area (Å²) in [6, 6.07) is 0.622. The van der Waals surface area contributed by atoms with E-state index in [9.17, 15) is 20.1 Å². The lowest BCUT2D eigenvalue weighted by Crippen LogP contribution is -2.64. The number of carbonyl (C=O) groups excluding carboxylic acids is 1. The summed E-state index contributed by atoms with van der Waals surface area (Å²) < 4.78 is 17.1. The van der Waals surface area contributed by atoms with Gasteiger partial charge < -0.3 is 29.5 Å². The van der Waals surface area contributed by atoms with Crippen LogP contribution >= 0.6 is 0 Å². The first-order valence-corrected chi connectivity index (χ1v) is 11.8. The first kappa shape index (κ1) is 21.9. The minimum absolute atomic E-state index is 0.0547.